The lowest BCUT2D eigenvalue weighted by atomic mass is 10.4. The van der Waals surface area contributed by atoms with E-state index in [0.29, 0.717) is 0 Å². The van der Waals surface area contributed by atoms with E-state index in [-0.39, 0.29) is 24.0 Å². The molecule has 6 heteroatoms. The van der Waals surface area contributed by atoms with Gasteiger partial charge in [-0.2, -0.15) is 0 Å². The number of guanidine groups is 1. The summed E-state index contributed by atoms with van der Waals surface area (Å²) in [4.78, 5) is 6.50. The van der Waals surface area contributed by atoms with Gasteiger partial charge in [-0.15, -0.1) is 24.0 Å². The fourth-order valence-corrected chi connectivity index (χ4v) is 1.70. The van der Waals surface area contributed by atoms with Crippen LogP contribution in [0, 0.1) is 5.92 Å². The van der Waals surface area contributed by atoms with Crippen molar-refractivity contribution >= 4 is 29.9 Å². The van der Waals surface area contributed by atoms with E-state index in [1.54, 1.807) is 7.11 Å². The summed E-state index contributed by atoms with van der Waals surface area (Å²) in [6.45, 7) is 4.89. The summed E-state index contributed by atoms with van der Waals surface area (Å²) in [7, 11) is 5.69. The number of methoxy groups -OCH3 is 1. The zero-order valence-corrected chi connectivity index (χ0v) is 14.8. The van der Waals surface area contributed by atoms with Gasteiger partial charge in [0.1, 0.15) is 0 Å². The SMILES string of the molecule is CN=C(NCCCN(C)CCOC)NCC1CC1.I. The molecule has 1 aliphatic rings. The molecule has 2 N–H and O–H groups in total. The first-order chi connectivity index (χ1) is 8.76. The molecule has 114 valence electrons. The van der Waals surface area contributed by atoms with Crippen molar-refractivity contribution in [2.75, 3.05) is 54.0 Å². The highest BCUT2D eigenvalue weighted by Crippen LogP contribution is 2.27. The topological polar surface area (TPSA) is 48.9 Å². The number of nitrogens with one attached hydrogen (secondary N) is 2. The van der Waals surface area contributed by atoms with Crippen molar-refractivity contribution in [3.05, 3.63) is 0 Å². The van der Waals surface area contributed by atoms with Crippen molar-refractivity contribution in [2.24, 2.45) is 10.9 Å². The molecule has 0 radical (unpaired) electrons. The average Bonchev–Trinajstić information content (AvgIpc) is 3.19. The van der Waals surface area contributed by atoms with Crippen molar-refractivity contribution in [1.29, 1.82) is 0 Å². The molecule has 0 aliphatic heterocycles. The summed E-state index contributed by atoms with van der Waals surface area (Å²) in [5, 5.41) is 6.70. The Hall–Kier alpha value is -0.0800. The van der Waals surface area contributed by atoms with E-state index in [4.69, 9.17) is 4.74 Å². The highest BCUT2D eigenvalue weighted by atomic mass is 127. The van der Waals surface area contributed by atoms with Gasteiger partial charge in [-0.25, -0.2) is 0 Å². The normalized spacial score (nSPS) is 15.3. The third-order valence-corrected chi connectivity index (χ3v) is 3.16. The maximum atomic E-state index is 5.05. The van der Waals surface area contributed by atoms with Crippen LogP contribution < -0.4 is 10.6 Å². The Morgan fingerprint density at radius 1 is 1.32 bits per heavy atom. The number of ether oxygens (including phenoxy) is 1. The summed E-state index contributed by atoms with van der Waals surface area (Å²) in [5.41, 5.74) is 0. The molecule has 5 nitrogen and oxygen atoms in total. The van der Waals surface area contributed by atoms with Crippen LogP contribution in [0.25, 0.3) is 0 Å². The molecule has 19 heavy (non-hydrogen) atoms. The molecule has 0 bridgehead atoms. The standard InChI is InChI=1S/C13H28N4O.HI/c1-14-13(16-11-12-5-6-12)15-7-4-8-17(2)9-10-18-3;/h12H,4-11H2,1-3H3,(H2,14,15,16);1H. The lowest BCUT2D eigenvalue weighted by Crippen LogP contribution is -2.39. The minimum absolute atomic E-state index is 0. The summed E-state index contributed by atoms with van der Waals surface area (Å²) in [6.07, 6.45) is 3.85. The molecule has 1 rings (SSSR count). The van der Waals surface area contributed by atoms with E-state index in [1.165, 1.54) is 12.8 Å². The van der Waals surface area contributed by atoms with E-state index in [9.17, 15) is 0 Å². The van der Waals surface area contributed by atoms with Crippen molar-refractivity contribution < 1.29 is 4.74 Å². The second-order valence-corrected chi connectivity index (χ2v) is 4.97. The number of rotatable bonds is 9. The maximum Gasteiger partial charge on any atom is 0.190 e. The van der Waals surface area contributed by atoms with Gasteiger partial charge in [0.25, 0.3) is 0 Å². The van der Waals surface area contributed by atoms with E-state index in [2.05, 4.69) is 27.6 Å². The highest BCUT2D eigenvalue weighted by Gasteiger charge is 2.20. The number of aliphatic imine (C=N–C) groups is 1. The summed E-state index contributed by atoms with van der Waals surface area (Å²) in [6, 6.07) is 0. The fourth-order valence-electron chi connectivity index (χ4n) is 1.70. The molecule has 1 aliphatic carbocycles. The van der Waals surface area contributed by atoms with Gasteiger partial charge < -0.3 is 20.3 Å². The van der Waals surface area contributed by atoms with E-state index >= 15 is 0 Å². The van der Waals surface area contributed by atoms with E-state index in [1.807, 2.05) is 7.05 Å². The maximum absolute atomic E-state index is 5.05. The van der Waals surface area contributed by atoms with Crippen LogP contribution in [0.3, 0.4) is 0 Å². The van der Waals surface area contributed by atoms with Crippen LogP contribution in [0.2, 0.25) is 0 Å². The molecular formula is C13H29IN4O. The zero-order chi connectivity index (χ0) is 13.2. The molecule has 0 unspecified atom stereocenters. The number of hydrogen-bond acceptors (Lipinski definition) is 3. The Balaban J connectivity index is 0.00000324. The Labute approximate surface area is 134 Å². The second-order valence-electron chi connectivity index (χ2n) is 4.97. The third kappa shape index (κ3) is 10.4. The van der Waals surface area contributed by atoms with Crippen LogP contribution in [0.4, 0.5) is 0 Å². The summed E-state index contributed by atoms with van der Waals surface area (Å²) >= 11 is 0. The summed E-state index contributed by atoms with van der Waals surface area (Å²) < 4.78 is 5.05. The van der Waals surface area contributed by atoms with Gasteiger partial charge in [0.2, 0.25) is 0 Å². The molecule has 0 aromatic rings. The van der Waals surface area contributed by atoms with E-state index < -0.39 is 0 Å². The van der Waals surface area contributed by atoms with Crippen LogP contribution in [-0.4, -0.2) is 64.9 Å². The Kier molecular flexibility index (Phi) is 11.7. The van der Waals surface area contributed by atoms with Gasteiger partial charge in [-0.05, 0) is 38.8 Å². The number of nitrogens with zero attached hydrogens (tertiary/aromatic N) is 2. The fraction of sp³-hybridized carbons (Fsp3) is 0.923. The van der Waals surface area contributed by atoms with Gasteiger partial charge in [0.15, 0.2) is 5.96 Å². The van der Waals surface area contributed by atoms with Crippen molar-refractivity contribution in [3.63, 3.8) is 0 Å². The van der Waals surface area contributed by atoms with Gasteiger partial charge >= 0.3 is 0 Å². The molecule has 0 aromatic carbocycles. The first-order valence-corrected chi connectivity index (χ1v) is 6.88. The molecule has 0 spiro atoms. The lowest BCUT2D eigenvalue weighted by Gasteiger charge is -2.16. The van der Waals surface area contributed by atoms with Crippen LogP contribution in [-0.2, 0) is 4.74 Å². The monoisotopic (exact) mass is 384 g/mol. The Morgan fingerprint density at radius 2 is 2.05 bits per heavy atom. The van der Waals surface area contributed by atoms with Gasteiger partial charge in [-0.3, -0.25) is 4.99 Å². The minimum atomic E-state index is 0. The molecular weight excluding hydrogens is 355 g/mol. The van der Waals surface area contributed by atoms with Gasteiger partial charge in [0, 0.05) is 33.8 Å². The Morgan fingerprint density at radius 3 is 2.63 bits per heavy atom. The zero-order valence-electron chi connectivity index (χ0n) is 12.4. The quantitative estimate of drug-likeness (QED) is 0.271. The number of hydrogen-bond donors (Lipinski definition) is 2. The molecule has 1 saturated carbocycles. The second kappa shape index (κ2) is 11.7. The predicted molar refractivity (Wildman–Crippen MR) is 91.5 cm³/mol. The first-order valence-electron chi connectivity index (χ1n) is 6.88. The van der Waals surface area contributed by atoms with E-state index in [0.717, 1.165) is 51.1 Å². The largest absolute Gasteiger partial charge is 0.383 e. The minimum Gasteiger partial charge on any atom is -0.383 e. The van der Waals surface area contributed by atoms with Gasteiger partial charge in [-0.1, -0.05) is 0 Å². The number of halogens is 1. The molecule has 0 aromatic heterocycles. The van der Waals surface area contributed by atoms with Crippen LogP contribution in [0.1, 0.15) is 19.3 Å². The van der Waals surface area contributed by atoms with Crippen LogP contribution in [0.15, 0.2) is 4.99 Å². The molecule has 1 fully saturated rings. The van der Waals surface area contributed by atoms with Crippen LogP contribution >= 0.6 is 24.0 Å². The third-order valence-electron chi connectivity index (χ3n) is 3.16. The molecule has 0 heterocycles. The highest BCUT2D eigenvalue weighted by molar-refractivity contribution is 14.0. The predicted octanol–water partition coefficient (Wildman–Crippen LogP) is 1.15. The van der Waals surface area contributed by atoms with Crippen LogP contribution in [0.5, 0.6) is 0 Å². The van der Waals surface area contributed by atoms with Crippen molar-refractivity contribution in [1.82, 2.24) is 15.5 Å². The molecule has 0 atom stereocenters. The lowest BCUT2D eigenvalue weighted by molar-refractivity contribution is 0.161. The first kappa shape index (κ1) is 18.9. The van der Waals surface area contributed by atoms with Gasteiger partial charge in [0.05, 0.1) is 6.61 Å². The van der Waals surface area contributed by atoms with Crippen molar-refractivity contribution in [2.45, 2.75) is 19.3 Å². The Bertz CT molecular complexity index is 247. The number of likely N-dealkylation sites (N-methyl/N-ethyl adjacent to an activating group) is 1. The molecule has 0 amide bonds. The van der Waals surface area contributed by atoms with Crippen molar-refractivity contribution in [3.8, 4) is 0 Å². The smallest absolute Gasteiger partial charge is 0.190 e. The average molecular weight is 384 g/mol. The summed E-state index contributed by atoms with van der Waals surface area (Å²) in [5.74, 6) is 1.81. The molecule has 0 saturated heterocycles.